The molecule has 1 aromatic rings. The van der Waals surface area contributed by atoms with E-state index < -0.39 is 6.10 Å². The molecule has 0 aliphatic carbocycles. The highest BCUT2D eigenvalue weighted by atomic mass is 32.1. The summed E-state index contributed by atoms with van der Waals surface area (Å²) < 4.78 is 0. The number of piperazine rings is 1. The topological polar surface area (TPSA) is 56.7 Å². The molecule has 0 aromatic carbocycles. The molecule has 1 atom stereocenters. The van der Waals surface area contributed by atoms with E-state index in [2.05, 4.69) is 31.1 Å². The molecule has 0 bridgehead atoms. The zero-order chi connectivity index (χ0) is 15.6. The van der Waals surface area contributed by atoms with E-state index in [0.29, 0.717) is 13.1 Å². The third-order valence-corrected chi connectivity index (χ3v) is 4.94. The van der Waals surface area contributed by atoms with Crippen LogP contribution in [0.1, 0.15) is 38.4 Å². The van der Waals surface area contributed by atoms with Crippen LogP contribution in [0.15, 0.2) is 5.38 Å². The normalized spacial score (nSPS) is 18.8. The maximum absolute atomic E-state index is 11.7. The third-order valence-electron chi connectivity index (χ3n) is 3.62. The number of aliphatic hydroxyl groups is 1. The molecule has 1 fully saturated rings. The van der Waals surface area contributed by atoms with E-state index in [0.717, 1.165) is 25.3 Å². The van der Waals surface area contributed by atoms with E-state index in [1.807, 2.05) is 0 Å². The largest absolute Gasteiger partial charge is 0.384 e. The van der Waals surface area contributed by atoms with Gasteiger partial charge in [-0.05, 0) is 6.92 Å². The number of thiazole rings is 1. The Morgan fingerprint density at radius 2 is 2.00 bits per heavy atom. The number of carbonyl (C=O) groups is 1. The lowest BCUT2D eigenvalue weighted by Crippen LogP contribution is -2.50. The number of aliphatic hydroxyl groups excluding tert-OH is 1. The lowest BCUT2D eigenvalue weighted by molar-refractivity contribution is -0.141. The first kappa shape index (κ1) is 16.4. The average molecular weight is 311 g/mol. The van der Waals surface area contributed by atoms with E-state index in [1.165, 1.54) is 11.9 Å². The van der Waals surface area contributed by atoms with Crippen LogP contribution in [0, 0.1) is 0 Å². The standard InChI is InChI=1S/C15H25N3O2S/c1-11(19)13(20)18-7-5-17(6-8-18)9-12-10-21-14(16-12)15(2,3)4/h10-11,19H,5-9H2,1-4H3. The second kappa shape index (κ2) is 6.42. The predicted octanol–water partition coefficient (Wildman–Crippen LogP) is 1.47. The fraction of sp³-hybridized carbons (Fsp3) is 0.733. The lowest BCUT2D eigenvalue weighted by Gasteiger charge is -2.34. The molecule has 0 saturated carbocycles. The Labute approximate surface area is 130 Å². The zero-order valence-corrected chi connectivity index (χ0v) is 14.1. The molecule has 0 radical (unpaired) electrons. The molecular weight excluding hydrogens is 286 g/mol. The van der Waals surface area contributed by atoms with Crippen molar-refractivity contribution in [2.45, 2.75) is 45.8 Å². The average Bonchev–Trinajstić information content (AvgIpc) is 2.87. The van der Waals surface area contributed by atoms with Crippen molar-refractivity contribution in [2.24, 2.45) is 0 Å². The van der Waals surface area contributed by atoms with Crippen molar-refractivity contribution in [3.63, 3.8) is 0 Å². The molecule has 1 N–H and O–H groups in total. The van der Waals surface area contributed by atoms with Crippen LogP contribution in [0.3, 0.4) is 0 Å². The monoisotopic (exact) mass is 311 g/mol. The number of amides is 1. The molecule has 2 rings (SSSR count). The van der Waals surface area contributed by atoms with Gasteiger partial charge in [-0.2, -0.15) is 0 Å². The van der Waals surface area contributed by atoms with Crippen LogP contribution >= 0.6 is 11.3 Å². The van der Waals surface area contributed by atoms with Crippen molar-refractivity contribution >= 4 is 17.2 Å². The molecule has 1 amide bonds. The van der Waals surface area contributed by atoms with Gasteiger partial charge in [0.2, 0.25) is 0 Å². The fourth-order valence-corrected chi connectivity index (χ4v) is 3.24. The van der Waals surface area contributed by atoms with Gasteiger partial charge in [-0.1, -0.05) is 20.8 Å². The minimum atomic E-state index is -0.899. The first-order chi connectivity index (χ1) is 9.77. The van der Waals surface area contributed by atoms with Crippen molar-refractivity contribution in [1.82, 2.24) is 14.8 Å². The Balaban J connectivity index is 1.86. The van der Waals surface area contributed by atoms with Crippen LogP contribution in [-0.4, -0.2) is 58.1 Å². The van der Waals surface area contributed by atoms with Gasteiger partial charge in [0.05, 0.1) is 10.7 Å². The molecule has 1 aliphatic rings. The van der Waals surface area contributed by atoms with Crippen molar-refractivity contribution in [2.75, 3.05) is 26.2 Å². The maximum atomic E-state index is 11.7. The van der Waals surface area contributed by atoms with Gasteiger partial charge in [-0.25, -0.2) is 4.98 Å². The van der Waals surface area contributed by atoms with Crippen LogP contribution in [0.4, 0.5) is 0 Å². The first-order valence-electron chi connectivity index (χ1n) is 7.41. The van der Waals surface area contributed by atoms with Gasteiger partial charge in [0.25, 0.3) is 5.91 Å². The second-order valence-corrected chi connectivity index (χ2v) is 7.53. The van der Waals surface area contributed by atoms with Crippen LogP contribution in [0.25, 0.3) is 0 Å². The Morgan fingerprint density at radius 1 is 1.38 bits per heavy atom. The number of hydrogen-bond acceptors (Lipinski definition) is 5. The molecule has 1 unspecified atom stereocenters. The smallest absolute Gasteiger partial charge is 0.251 e. The quantitative estimate of drug-likeness (QED) is 0.918. The highest BCUT2D eigenvalue weighted by Crippen LogP contribution is 2.26. The SMILES string of the molecule is CC(O)C(=O)N1CCN(Cc2csc(C(C)(C)C)n2)CC1. The van der Waals surface area contributed by atoms with Crippen molar-refractivity contribution in [3.05, 3.63) is 16.1 Å². The molecular formula is C15H25N3O2S. The molecule has 21 heavy (non-hydrogen) atoms. The van der Waals surface area contributed by atoms with E-state index in [-0.39, 0.29) is 11.3 Å². The van der Waals surface area contributed by atoms with Gasteiger partial charge in [0.1, 0.15) is 6.10 Å². The molecule has 118 valence electrons. The predicted molar refractivity (Wildman–Crippen MR) is 84.4 cm³/mol. The van der Waals surface area contributed by atoms with Crippen molar-refractivity contribution < 1.29 is 9.90 Å². The third kappa shape index (κ3) is 4.25. The van der Waals surface area contributed by atoms with Gasteiger partial charge < -0.3 is 10.0 Å². The fourth-order valence-electron chi connectivity index (χ4n) is 2.34. The van der Waals surface area contributed by atoms with E-state index in [9.17, 15) is 9.90 Å². The Hall–Kier alpha value is -0.980. The number of rotatable bonds is 3. The van der Waals surface area contributed by atoms with E-state index >= 15 is 0 Å². The minimum Gasteiger partial charge on any atom is -0.384 e. The van der Waals surface area contributed by atoms with Crippen LogP contribution in [0.2, 0.25) is 0 Å². The van der Waals surface area contributed by atoms with Gasteiger partial charge in [-0.3, -0.25) is 9.69 Å². The summed E-state index contributed by atoms with van der Waals surface area (Å²) in [6, 6.07) is 0. The Kier molecular flexibility index (Phi) is 5.01. The second-order valence-electron chi connectivity index (χ2n) is 6.67. The Morgan fingerprint density at radius 3 is 2.48 bits per heavy atom. The first-order valence-corrected chi connectivity index (χ1v) is 8.29. The molecule has 1 aliphatic heterocycles. The van der Waals surface area contributed by atoms with Crippen LogP contribution in [-0.2, 0) is 16.8 Å². The van der Waals surface area contributed by atoms with E-state index in [1.54, 1.807) is 16.2 Å². The van der Waals surface area contributed by atoms with Crippen LogP contribution in [0.5, 0.6) is 0 Å². The Bertz CT molecular complexity index is 485. The summed E-state index contributed by atoms with van der Waals surface area (Å²) in [6.07, 6.45) is -0.899. The number of hydrogen-bond donors (Lipinski definition) is 1. The summed E-state index contributed by atoms with van der Waals surface area (Å²) in [5, 5.41) is 12.6. The molecule has 6 heteroatoms. The van der Waals surface area contributed by atoms with Gasteiger partial charge >= 0.3 is 0 Å². The number of nitrogens with zero attached hydrogens (tertiary/aromatic N) is 3. The highest BCUT2D eigenvalue weighted by Gasteiger charge is 2.24. The molecule has 1 saturated heterocycles. The van der Waals surface area contributed by atoms with Gasteiger partial charge in [-0.15, -0.1) is 11.3 Å². The molecule has 1 aromatic heterocycles. The number of aromatic nitrogens is 1. The summed E-state index contributed by atoms with van der Waals surface area (Å²) in [5.41, 5.74) is 1.21. The highest BCUT2D eigenvalue weighted by molar-refractivity contribution is 7.09. The zero-order valence-electron chi connectivity index (χ0n) is 13.3. The summed E-state index contributed by atoms with van der Waals surface area (Å²) in [6.45, 7) is 11.9. The summed E-state index contributed by atoms with van der Waals surface area (Å²) in [7, 11) is 0. The molecule has 2 heterocycles. The van der Waals surface area contributed by atoms with E-state index in [4.69, 9.17) is 4.98 Å². The van der Waals surface area contributed by atoms with Gasteiger partial charge in [0.15, 0.2) is 0 Å². The minimum absolute atomic E-state index is 0.102. The maximum Gasteiger partial charge on any atom is 0.251 e. The lowest BCUT2D eigenvalue weighted by atomic mass is 9.98. The summed E-state index contributed by atoms with van der Waals surface area (Å²) in [4.78, 5) is 20.5. The molecule has 5 nitrogen and oxygen atoms in total. The summed E-state index contributed by atoms with van der Waals surface area (Å²) >= 11 is 1.72. The van der Waals surface area contributed by atoms with Crippen LogP contribution < -0.4 is 0 Å². The van der Waals surface area contributed by atoms with Crippen molar-refractivity contribution in [3.8, 4) is 0 Å². The number of carbonyl (C=O) groups excluding carboxylic acids is 1. The summed E-state index contributed by atoms with van der Waals surface area (Å²) in [5.74, 6) is -0.168. The van der Waals surface area contributed by atoms with Gasteiger partial charge in [0, 0.05) is 43.5 Å². The van der Waals surface area contributed by atoms with Crippen molar-refractivity contribution in [1.29, 1.82) is 0 Å². The molecule has 0 spiro atoms.